The minimum Gasteiger partial charge on any atom is -0.497 e. The van der Waals surface area contributed by atoms with Crippen LogP contribution in [0.2, 0.25) is 0 Å². The van der Waals surface area contributed by atoms with E-state index in [1.165, 1.54) is 17.4 Å². The number of nitrogens with zero attached hydrogens (tertiary/aromatic N) is 2. The Morgan fingerprint density at radius 3 is 2.61 bits per heavy atom. The van der Waals surface area contributed by atoms with Gasteiger partial charge in [-0.1, -0.05) is 18.2 Å². The van der Waals surface area contributed by atoms with Gasteiger partial charge in [0.15, 0.2) is 0 Å². The average Bonchev–Trinajstić information content (AvgIpc) is 3.18. The predicted octanol–water partition coefficient (Wildman–Crippen LogP) is 2.36. The molecule has 2 atom stereocenters. The van der Waals surface area contributed by atoms with E-state index in [0.29, 0.717) is 12.0 Å². The molecule has 2 heterocycles. The molecule has 7 nitrogen and oxygen atoms in total. The maximum Gasteiger partial charge on any atom is 0.243 e. The maximum atomic E-state index is 12.9. The molecule has 1 aliphatic heterocycles. The molecule has 2 aromatic carbocycles. The second kappa shape index (κ2) is 7.05. The van der Waals surface area contributed by atoms with Crippen LogP contribution in [0, 0.1) is 0 Å². The fourth-order valence-corrected chi connectivity index (χ4v) is 5.23. The summed E-state index contributed by atoms with van der Waals surface area (Å²) in [7, 11) is -0.554. The van der Waals surface area contributed by atoms with Crippen molar-refractivity contribution in [1.29, 1.82) is 0 Å². The number of aromatic nitrogens is 2. The van der Waals surface area contributed by atoms with Crippen LogP contribution in [-0.2, 0) is 16.4 Å². The van der Waals surface area contributed by atoms with E-state index in [4.69, 9.17) is 4.74 Å². The first-order chi connectivity index (χ1) is 13.4. The number of likely N-dealkylation sites (N-methyl/N-ethyl adjacent to an activating group) is 1. The lowest BCUT2D eigenvalue weighted by molar-refractivity contribution is 0.0892. The van der Waals surface area contributed by atoms with Crippen LogP contribution in [0.15, 0.2) is 59.6 Å². The number of ether oxygens (including phenoxy) is 1. The van der Waals surface area contributed by atoms with E-state index >= 15 is 0 Å². The summed E-state index contributed by atoms with van der Waals surface area (Å²) in [5, 5.41) is 18.0. The van der Waals surface area contributed by atoms with Crippen molar-refractivity contribution in [2.24, 2.45) is 0 Å². The van der Waals surface area contributed by atoms with E-state index in [1.54, 1.807) is 31.5 Å². The number of methoxy groups -OCH3 is 1. The van der Waals surface area contributed by atoms with Gasteiger partial charge in [-0.3, -0.25) is 5.10 Å². The molecule has 3 aromatic rings. The number of aromatic amines is 1. The van der Waals surface area contributed by atoms with Crippen molar-refractivity contribution in [2.45, 2.75) is 23.5 Å². The van der Waals surface area contributed by atoms with Gasteiger partial charge >= 0.3 is 0 Å². The zero-order chi connectivity index (χ0) is 19.9. The first-order valence-corrected chi connectivity index (χ1v) is 10.3. The van der Waals surface area contributed by atoms with Gasteiger partial charge in [0.2, 0.25) is 10.0 Å². The normalized spacial score (nSPS) is 21.2. The highest BCUT2D eigenvalue weighted by atomic mass is 32.2. The summed E-state index contributed by atoms with van der Waals surface area (Å²) >= 11 is 0. The smallest absolute Gasteiger partial charge is 0.243 e. The Balaban J connectivity index is 1.70. The van der Waals surface area contributed by atoms with E-state index in [0.717, 1.165) is 22.6 Å². The summed E-state index contributed by atoms with van der Waals surface area (Å²) < 4.78 is 32.2. The average molecular weight is 399 g/mol. The Morgan fingerprint density at radius 2 is 1.89 bits per heavy atom. The van der Waals surface area contributed by atoms with E-state index in [1.807, 2.05) is 24.3 Å². The summed E-state index contributed by atoms with van der Waals surface area (Å²) in [6, 6.07) is 13.5. The lowest BCUT2D eigenvalue weighted by Gasteiger charge is -2.37. The Hall–Kier alpha value is -2.68. The van der Waals surface area contributed by atoms with E-state index < -0.39 is 22.2 Å². The third-order valence-corrected chi connectivity index (χ3v) is 7.21. The lowest BCUT2D eigenvalue weighted by atomic mass is 9.94. The quantitative estimate of drug-likeness (QED) is 0.702. The molecule has 1 aromatic heterocycles. The largest absolute Gasteiger partial charge is 0.497 e. The van der Waals surface area contributed by atoms with Crippen molar-refractivity contribution in [3.05, 3.63) is 65.9 Å². The molecule has 28 heavy (non-hydrogen) atoms. The molecular weight excluding hydrogens is 378 g/mol. The molecule has 146 valence electrons. The Bertz CT molecular complexity index is 1090. The second-order valence-electron chi connectivity index (χ2n) is 6.77. The van der Waals surface area contributed by atoms with Crippen LogP contribution < -0.4 is 4.74 Å². The number of benzene rings is 2. The van der Waals surface area contributed by atoms with E-state index in [9.17, 15) is 13.5 Å². The van der Waals surface area contributed by atoms with Crippen molar-refractivity contribution in [2.75, 3.05) is 14.2 Å². The molecular formula is C20H21N3O4S. The standard InChI is InChI=1S/C20H21N3O4S/c1-23-17(20(24)16-5-3-4-6-18(16)28(23,25)26)11-14-12-21-22-19(14)13-7-9-15(27-2)10-8-13/h3-10,12,17,20,24H,11H2,1-2H3,(H,21,22)/t17-,20-/m0/s1. The minimum atomic E-state index is -3.67. The molecule has 8 heteroatoms. The molecule has 0 saturated carbocycles. The molecule has 0 unspecified atom stereocenters. The molecule has 0 fully saturated rings. The van der Waals surface area contributed by atoms with Crippen LogP contribution in [0.1, 0.15) is 17.2 Å². The van der Waals surface area contributed by atoms with Crippen LogP contribution >= 0.6 is 0 Å². The summed E-state index contributed by atoms with van der Waals surface area (Å²) in [4.78, 5) is 0.156. The summed E-state index contributed by atoms with van der Waals surface area (Å²) in [5.41, 5.74) is 2.96. The molecule has 4 rings (SSSR count). The number of sulfonamides is 1. The maximum absolute atomic E-state index is 12.9. The summed E-state index contributed by atoms with van der Waals surface area (Å²) in [6.45, 7) is 0. The molecule has 0 radical (unpaired) electrons. The zero-order valence-electron chi connectivity index (χ0n) is 15.5. The van der Waals surface area contributed by atoms with Crippen LogP contribution in [0.5, 0.6) is 5.75 Å². The van der Waals surface area contributed by atoms with Gasteiger partial charge in [-0.2, -0.15) is 9.40 Å². The fourth-order valence-electron chi connectivity index (χ4n) is 3.64. The van der Waals surface area contributed by atoms with Crippen molar-refractivity contribution in [3.8, 4) is 17.0 Å². The van der Waals surface area contributed by atoms with E-state index in [2.05, 4.69) is 10.2 Å². The molecule has 0 saturated heterocycles. The highest BCUT2D eigenvalue weighted by molar-refractivity contribution is 7.89. The fraction of sp³-hybridized carbons (Fsp3) is 0.250. The van der Waals surface area contributed by atoms with Gasteiger partial charge in [-0.15, -0.1) is 0 Å². The Labute approximate surface area is 163 Å². The number of fused-ring (bicyclic) bond motifs is 1. The zero-order valence-corrected chi connectivity index (χ0v) is 16.3. The van der Waals surface area contributed by atoms with Crippen LogP contribution in [0.4, 0.5) is 0 Å². The second-order valence-corrected chi connectivity index (χ2v) is 8.74. The topological polar surface area (TPSA) is 95.5 Å². The summed E-state index contributed by atoms with van der Waals surface area (Å²) in [6.07, 6.45) is 1.07. The van der Waals surface area contributed by atoms with Gasteiger partial charge in [0.05, 0.1) is 36.0 Å². The van der Waals surface area contributed by atoms with Crippen molar-refractivity contribution in [3.63, 3.8) is 0 Å². The monoisotopic (exact) mass is 399 g/mol. The van der Waals surface area contributed by atoms with Crippen molar-refractivity contribution < 1.29 is 18.3 Å². The molecule has 0 bridgehead atoms. The van der Waals surface area contributed by atoms with Crippen molar-refractivity contribution in [1.82, 2.24) is 14.5 Å². The van der Waals surface area contributed by atoms with Crippen molar-refractivity contribution >= 4 is 10.0 Å². The highest BCUT2D eigenvalue weighted by Crippen LogP contribution is 2.38. The van der Waals surface area contributed by atoms with Gasteiger partial charge in [-0.05, 0) is 42.3 Å². The number of hydrogen-bond donors (Lipinski definition) is 2. The predicted molar refractivity (Wildman–Crippen MR) is 104 cm³/mol. The number of aliphatic hydroxyl groups is 1. The SMILES string of the molecule is COc1ccc(-c2[nH]ncc2C[C@H]2[C@@H](O)c3ccccc3S(=O)(=O)N2C)cc1. The van der Waals surface area contributed by atoms with E-state index in [-0.39, 0.29) is 4.90 Å². The highest BCUT2D eigenvalue weighted by Gasteiger charge is 2.41. The number of aliphatic hydroxyl groups excluding tert-OH is 1. The number of rotatable bonds is 4. The van der Waals surface area contributed by atoms with Gasteiger partial charge in [0, 0.05) is 18.2 Å². The van der Waals surface area contributed by atoms with Gasteiger partial charge in [-0.25, -0.2) is 8.42 Å². The molecule has 0 spiro atoms. The number of H-pyrrole nitrogens is 1. The lowest BCUT2D eigenvalue weighted by Crippen LogP contribution is -2.46. The number of hydrogen-bond acceptors (Lipinski definition) is 5. The minimum absolute atomic E-state index is 0.156. The molecule has 1 aliphatic rings. The number of nitrogens with one attached hydrogen (secondary N) is 1. The van der Waals surface area contributed by atoms with Gasteiger partial charge in [0.25, 0.3) is 0 Å². The molecule has 0 aliphatic carbocycles. The van der Waals surface area contributed by atoms with Crippen LogP contribution in [0.3, 0.4) is 0 Å². The first kappa shape index (κ1) is 18.7. The van der Waals surface area contributed by atoms with Crippen LogP contribution in [0.25, 0.3) is 11.3 Å². The van der Waals surface area contributed by atoms with Gasteiger partial charge < -0.3 is 9.84 Å². The Morgan fingerprint density at radius 1 is 1.18 bits per heavy atom. The third kappa shape index (κ3) is 2.99. The molecule has 0 amide bonds. The van der Waals surface area contributed by atoms with Crippen LogP contribution in [-0.4, -0.2) is 48.2 Å². The molecule has 2 N–H and O–H groups in total. The Kier molecular flexibility index (Phi) is 4.70. The third-order valence-electron chi connectivity index (χ3n) is 5.25. The first-order valence-electron chi connectivity index (χ1n) is 8.85. The summed E-state index contributed by atoms with van der Waals surface area (Å²) in [5.74, 6) is 0.745. The van der Waals surface area contributed by atoms with Gasteiger partial charge in [0.1, 0.15) is 5.75 Å².